The number of hydrogen-bond acceptors (Lipinski definition) is 3. The van der Waals surface area contributed by atoms with Gasteiger partial charge in [0.05, 0.1) is 22.6 Å². The van der Waals surface area contributed by atoms with Crippen LogP contribution in [0.3, 0.4) is 0 Å². The van der Waals surface area contributed by atoms with Crippen LogP contribution >= 0.6 is 0 Å². The van der Waals surface area contributed by atoms with Crippen LogP contribution in [0.1, 0.15) is 0 Å². The topological polar surface area (TPSA) is 38.7 Å². The molecular formula is C53H35N3. The minimum absolute atomic E-state index is 0.684. The molecule has 0 unspecified atom stereocenters. The van der Waals surface area contributed by atoms with Crippen LogP contribution in [-0.2, 0) is 0 Å². The van der Waals surface area contributed by atoms with Gasteiger partial charge in [0.25, 0.3) is 0 Å². The molecule has 8 aromatic carbocycles. The van der Waals surface area contributed by atoms with E-state index in [0.717, 1.165) is 61.2 Å². The Morgan fingerprint density at radius 3 is 1.27 bits per heavy atom. The molecule has 3 heteroatoms. The molecule has 0 aliphatic rings. The molecule has 0 saturated carbocycles. The Bertz CT molecular complexity index is 2860. The molecule has 0 saturated heterocycles. The van der Waals surface area contributed by atoms with Crippen molar-refractivity contribution in [3.63, 3.8) is 0 Å². The number of nitrogens with zero attached hydrogens (tertiary/aromatic N) is 3. The Labute approximate surface area is 326 Å². The molecule has 10 aromatic rings. The average molecular weight is 714 g/mol. The molecule has 56 heavy (non-hydrogen) atoms. The first-order valence-electron chi connectivity index (χ1n) is 18.9. The highest BCUT2D eigenvalue weighted by atomic mass is 14.9. The van der Waals surface area contributed by atoms with Crippen LogP contribution in [0.25, 0.3) is 100 Å². The molecule has 2 aromatic heterocycles. The highest BCUT2D eigenvalue weighted by Crippen LogP contribution is 2.39. The first-order valence-corrected chi connectivity index (χ1v) is 18.9. The van der Waals surface area contributed by atoms with Crippen molar-refractivity contribution in [3.05, 3.63) is 212 Å². The third-order valence-electron chi connectivity index (χ3n) is 10.5. The summed E-state index contributed by atoms with van der Waals surface area (Å²) in [5, 5.41) is 3.49. The summed E-state index contributed by atoms with van der Waals surface area (Å²) in [5.41, 5.74) is 14.8. The maximum Gasteiger partial charge on any atom is 0.160 e. The van der Waals surface area contributed by atoms with Gasteiger partial charge in [-0.05, 0) is 45.5 Å². The second kappa shape index (κ2) is 14.4. The lowest BCUT2D eigenvalue weighted by Gasteiger charge is -2.14. The first kappa shape index (κ1) is 33.1. The van der Waals surface area contributed by atoms with Crippen molar-refractivity contribution in [2.45, 2.75) is 0 Å². The van der Waals surface area contributed by atoms with Crippen molar-refractivity contribution in [2.24, 2.45) is 0 Å². The Kier molecular flexibility index (Phi) is 8.51. The third-order valence-corrected chi connectivity index (χ3v) is 10.5. The maximum absolute atomic E-state index is 5.25. The largest absolute Gasteiger partial charge is 0.247 e. The highest BCUT2D eigenvalue weighted by molar-refractivity contribution is 6.17. The van der Waals surface area contributed by atoms with Crippen molar-refractivity contribution >= 4 is 21.7 Å². The third kappa shape index (κ3) is 6.31. The fraction of sp³-hybridized carbons (Fsp3) is 0. The molecule has 0 bridgehead atoms. The second-order valence-electron chi connectivity index (χ2n) is 14.0. The number of fused-ring (bicyclic) bond motifs is 3. The van der Waals surface area contributed by atoms with Crippen molar-refractivity contribution in [3.8, 4) is 78.5 Å². The van der Waals surface area contributed by atoms with Gasteiger partial charge in [-0.25, -0.2) is 15.0 Å². The normalized spacial score (nSPS) is 11.2. The van der Waals surface area contributed by atoms with Gasteiger partial charge in [-0.1, -0.05) is 200 Å². The molecule has 0 aliphatic heterocycles. The molecule has 0 atom stereocenters. The molecule has 0 amide bonds. The van der Waals surface area contributed by atoms with E-state index in [2.05, 4.69) is 200 Å². The van der Waals surface area contributed by atoms with Crippen LogP contribution < -0.4 is 0 Å². The van der Waals surface area contributed by atoms with Gasteiger partial charge in [-0.2, -0.15) is 0 Å². The predicted octanol–water partition coefficient (Wildman–Crippen LogP) is 13.8. The maximum atomic E-state index is 5.25. The Balaban J connectivity index is 1.07. The number of benzene rings is 8. The monoisotopic (exact) mass is 713 g/mol. The summed E-state index contributed by atoms with van der Waals surface area (Å²) in [6.07, 6.45) is 0. The van der Waals surface area contributed by atoms with E-state index in [9.17, 15) is 0 Å². The van der Waals surface area contributed by atoms with Gasteiger partial charge >= 0.3 is 0 Å². The summed E-state index contributed by atoms with van der Waals surface area (Å²) in [7, 11) is 0. The summed E-state index contributed by atoms with van der Waals surface area (Å²) in [5.74, 6) is 0.684. The van der Waals surface area contributed by atoms with E-state index in [1.165, 1.54) is 33.2 Å². The predicted molar refractivity (Wildman–Crippen MR) is 233 cm³/mol. The molecule has 0 aliphatic carbocycles. The molecule has 3 nitrogen and oxygen atoms in total. The quantitative estimate of drug-likeness (QED) is 0.154. The van der Waals surface area contributed by atoms with Crippen LogP contribution in [0, 0.1) is 0 Å². The summed E-state index contributed by atoms with van der Waals surface area (Å²) < 4.78 is 0. The Morgan fingerprint density at radius 1 is 0.268 bits per heavy atom. The second-order valence-corrected chi connectivity index (χ2v) is 14.0. The Hall–Kier alpha value is -7.49. The molecule has 0 N–H and O–H groups in total. The smallest absolute Gasteiger partial charge is 0.160 e. The van der Waals surface area contributed by atoms with Gasteiger partial charge < -0.3 is 0 Å². The summed E-state index contributed by atoms with van der Waals surface area (Å²) in [4.78, 5) is 15.6. The van der Waals surface area contributed by atoms with Gasteiger partial charge in [-0.3, -0.25) is 0 Å². The molecule has 0 radical (unpaired) electrons. The van der Waals surface area contributed by atoms with Crippen LogP contribution in [-0.4, -0.2) is 15.0 Å². The van der Waals surface area contributed by atoms with Crippen LogP contribution in [0.4, 0.5) is 0 Å². The van der Waals surface area contributed by atoms with Gasteiger partial charge in [0, 0.05) is 38.4 Å². The number of aromatic nitrogens is 3. The molecular weight excluding hydrogens is 679 g/mol. The summed E-state index contributed by atoms with van der Waals surface area (Å²) in [6.45, 7) is 0. The standard InChI is InChI=1S/C53H35N3/c1-4-13-36(14-5-1)38-23-27-41(28-24-38)49-35-50(56-53(55-49)44-33-25-39(26-34-44)37-15-6-2-7-16-37)42-29-31-43(32-30-42)52-47-21-12-20-45(40-17-8-3-9-18-40)51(47)46-19-10-11-22-48(46)54-52/h1-35H. The minimum Gasteiger partial charge on any atom is -0.247 e. The lowest BCUT2D eigenvalue weighted by Crippen LogP contribution is -1.96. The first-order chi connectivity index (χ1) is 27.7. The van der Waals surface area contributed by atoms with Gasteiger partial charge in [0.1, 0.15) is 0 Å². The van der Waals surface area contributed by atoms with E-state index in [-0.39, 0.29) is 0 Å². The van der Waals surface area contributed by atoms with E-state index in [1.807, 2.05) is 12.1 Å². The van der Waals surface area contributed by atoms with Crippen LogP contribution in [0.2, 0.25) is 0 Å². The summed E-state index contributed by atoms with van der Waals surface area (Å²) in [6, 6.07) is 74.4. The number of pyridine rings is 1. The molecule has 10 rings (SSSR count). The number of rotatable bonds is 7. The zero-order chi connectivity index (χ0) is 37.3. The van der Waals surface area contributed by atoms with Crippen LogP contribution in [0.5, 0.6) is 0 Å². The molecule has 0 fully saturated rings. The minimum atomic E-state index is 0.684. The van der Waals surface area contributed by atoms with E-state index >= 15 is 0 Å². The van der Waals surface area contributed by atoms with Gasteiger partial charge in [-0.15, -0.1) is 0 Å². The average Bonchev–Trinajstić information content (AvgIpc) is 3.29. The lowest BCUT2D eigenvalue weighted by atomic mass is 9.92. The number of para-hydroxylation sites is 1. The molecule has 0 spiro atoms. The highest BCUT2D eigenvalue weighted by Gasteiger charge is 2.16. The fourth-order valence-electron chi connectivity index (χ4n) is 7.66. The number of hydrogen-bond donors (Lipinski definition) is 0. The van der Waals surface area contributed by atoms with Crippen molar-refractivity contribution in [1.82, 2.24) is 15.0 Å². The zero-order valence-electron chi connectivity index (χ0n) is 30.5. The summed E-state index contributed by atoms with van der Waals surface area (Å²) >= 11 is 0. The lowest BCUT2D eigenvalue weighted by molar-refractivity contribution is 1.18. The Morgan fingerprint density at radius 2 is 0.696 bits per heavy atom. The van der Waals surface area contributed by atoms with E-state index in [4.69, 9.17) is 15.0 Å². The van der Waals surface area contributed by atoms with E-state index in [1.54, 1.807) is 0 Å². The van der Waals surface area contributed by atoms with Crippen LogP contribution in [0.15, 0.2) is 212 Å². The van der Waals surface area contributed by atoms with E-state index in [0.29, 0.717) is 5.82 Å². The fourth-order valence-corrected chi connectivity index (χ4v) is 7.66. The van der Waals surface area contributed by atoms with Gasteiger partial charge in [0.2, 0.25) is 0 Å². The van der Waals surface area contributed by atoms with Crippen molar-refractivity contribution in [1.29, 1.82) is 0 Å². The van der Waals surface area contributed by atoms with Gasteiger partial charge in [0.15, 0.2) is 5.82 Å². The molecule has 262 valence electrons. The molecule has 2 heterocycles. The zero-order valence-corrected chi connectivity index (χ0v) is 30.5. The SMILES string of the molecule is c1ccc(-c2ccc(-c3cc(-c4ccc(-c5nc6ccccc6c6c(-c7ccccc7)cccc56)cc4)nc(-c4ccc(-c5ccccc5)cc4)n3)cc2)cc1. The van der Waals surface area contributed by atoms with Crippen molar-refractivity contribution < 1.29 is 0 Å². The van der Waals surface area contributed by atoms with Crippen molar-refractivity contribution in [2.75, 3.05) is 0 Å². The van der Waals surface area contributed by atoms with E-state index < -0.39 is 0 Å².